The molecule has 1 aromatic carbocycles. The van der Waals surface area contributed by atoms with Gasteiger partial charge in [-0.25, -0.2) is 0 Å². The van der Waals surface area contributed by atoms with Gasteiger partial charge < -0.3 is 9.47 Å². The molecule has 19 heavy (non-hydrogen) atoms. The summed E-state index contributed by atoms with van der Waals surface area (Å²) in [5, 5.41) is 13.3. The Morgan fingerprint density at radius 2 is 2.00 bits per heavy atom. The third kappa shape index (κ3) is 2.95. The number of thiophene rings is 1. The van der Waals surface area contributed by atoms with Crippen LogP contribution in [0.15, 0.2) is 35.0 Å². The van der Waals surface area contributed by atoms with E-state index in [-0.39, 0.29) is 0 Å². The molecule has 0 aliphatic carbocycles. The first-order chi connectivity index (χ1) is 9.28. The van der Waals surface area contributed by atoms with E-state index in [1.165, 1.54) is 0 Å². The molecule has 0 atom stereocenters. The molecule has 0 fully saturated rings. The summed E-state index contributed by atoms with van der Waals surface area (Å²) in [6.45, 7) is 0. The monoisotopic (exact) mass is 271 g/mol. The minimum absolute atomic E-state index is 0.597. The molecule has 0 N–H and O–H groups in total. The molecule has 0 amide bonds. The van der Waals surface area contributed by atoms with Crippen molar-refractivity contribution in [3.63, 3.8) is 0 Å². The van der Waals surface area contributed by atoms with Gasteiger partial charge in [0, 0.05) is 0 Å². The van der Waals surface area contributed by atoms with E-state index in [1.807, 2.05) is 29.0 Å². The van der Waals surface area contributed by atoms with Crippen molar-refractivity contribution in [1.29, 1.82) is 5.26 Å². The Kier molecular flexibility index (Phi) is 4.22. The molecule has 0 unspecified atom stereocenters. The van der Waals surface area contributed by atoms with Crippen LogP contribution in [-0.2, 0) is 0 Å². The summed E-state index contributed by atoms with van der Waals surface area (Å²) in [6, 6.07) is 9.64. The zero-order valence-electron chi connectivity index (χ0n) is 10.7. The molecule has 0 aliphatic heterocycles. The van der Waals surface area contributed by atoms with Crippen molar-refractivity contribution >= 4 is 23.0 Å². The van der Waals surface area contributed by atoms with Crippen molar-refractivity contribution in [2.45, 2.75) is 0 Å². The Morgan fingerprint density at radius 3 is 2.58 bits per heavy atom. The SMILES string of the molecule is COc1ccc(/C(C#N)=C/c2ccsc2)cc1OC. The molecule has 4 heteroatoms. The third-order valence-electron chi connectivity index (χ3n) is 2.67. The van der Waals surface area contributed by atoms with Crippen LogP contribution in [0.25, 0.3) is 11.6 Å². The molecule has 1 heterocycles. The van der Waals surface area contributed by atoms with Crippen LogP contribution in [0.3, 0.4) is 0 Å². The second-order valence-corrected chi connectivity index (χ2v) is 4.58. The largest absolute Gasteiger partial charge is 0.493 e. The number of hydrogen-bond donors (Lipinski definition) is 0. The standard InChI is InChI=1S/C15H13NO2S/c1-17-14-4-3-12(8-15(14)18-2)13(9-16)7-11-5-6-19-10-11/h3-8,10H,1-2H3/b13-7+. The van der Waals surface area contributed by atoms with E-state index in [9.17, 15) is 5.26 Å². The molecule has 2 rings (SSSR count). The minimum atomic E-state index is 0.597. The van der Waals surface area contributed by atoms with Crippen LogP contribution >= 0.6 is 11.3 Å². The summed E-state index contributed by atoms with van der Waals surface area (Å²) in [5.41, 5.74) is 2.43. The van der Waals surface area contributed by atoms with E-state index in [4.69, 9.17) is 9.47 Å². The molecular formula is C15H13NO2S. The van der Waals surface area contributed by atoms with Gasteiger partial charge in [0.25, 0.3) is 0 Å². The number of benzene rings is 1. The topological polar surface area (TPSA) is 42.2 Å². The molecule has 0 saturated heterocycles. The normalized spacial score (nSPS) is 10.9. The minimum Gasteiger partial charge on any atom is -0.493 e. The van der Waals surface area contributed by atoms with Gasteiger partial charge in [0.1, 0.15) is 0 Å². The van der Waals surface area contributed by atoms with Gasteiger partial charge in [-0.15, -0.1) is 0 Å². The van der Waals surface area contributed by atoms with Gasteiger partial charge in [0.05, 0.1) is 25.9 Å². The fourth-order valence-electron chi connectivity index (χ4n) is 1.71. The first-order valence-electron chi connectivity index (χ1n) is 5.65. The highest BCUT2D eigenvalue weighted by molar-refractivity contribution is 7.08. The molecule has 0 bridgehead atoms. The lowest BCUT2D eigenvalue weighted by Crippen LogP contribution is -1.92. The van der Waals surface area contributed by atoms with Crippen LogP contribution in [0.5, 0.6) is 11.5 Å². The Labute approximate surface area is 116 Å². The fourth-order valence-corrected chi connectivity index (χ4v) is 2.33. The first-order valence-corrected chi connectivity index (χ1v) is 6.59. The number of nitriles is 1. The lowest BCUT2D eigenvalue weighted by molar-refractivity contribution is 0.355. The molecule has 3 nitrogen and oxygen atoms in total. The predicted octanol–water partition coefficient (Wildman–Crippen LogP) is 3.83. The Hall–Kier alpha value is -2.25. The summed E-state index contributed by atoms with van der Waals surface area (Å²) in [6.07, 6.45) is 1.86. The Morgan fingerprint density at radius 1 is 1.21 bits per heavy atom. The van der Waals surface area contributed by atoms with Crippen LogP contribution in [-0.4, -0.2) is 14.2 Å². The fraction of sp³-hybridized carbons (Fsp3) is 0.133. The van der Waals surface area contributed by atoms with E-state index in [2.05, 4.69) is 6.07 Å². The van der Waals surface area contributed by atoms with E-state index >= 15 is 0 Å². The van der Waals surface area contributed by atoms with Crippen molar-refractivity contribution in [1.82, 2.24) is 0 Å². The average molecular weight is 271 g/mol. The van der Waals surface area contributed by atoms with Gasteiger partial charge in [0.2, 0.25) is 0 Å². The zero-order valence-corrected chi connectivity index (χ0v) is 11.5. The number of hydrogen-bond acceptors (Lipinski definition) is 4. The van der Waals surface area contributed by atoms with Crippen LogP contribution in [0.4, 0.5) is 0 Å². The van der Waals surface area contributed by atoms with E-state index in [1.54, 1.807) is 37.7 Å². The third-order valence-corrected chi connectivity index (χ3v) is 3.37. The first kappa shape index (κ1) is 13.2. The molecule has 1 aromatic heterocycles. The Balaban J connectivity index is 2.42. The molecule has 0 radical (unpaired) electrons. The van der Waals surface area contributed by atoms with E-state index < -0.39 is 0 Å². The number of methoxy groups -OCH3 is 2. The van der Waals surface area contributed by atoms with E-state index in [0.29, 0.717) is 17.1 Å². The van der Waals surface area contributed by atoms with E-state index in [0.717, 1.165) is 11.1 Å². The van der Waals surface area contributed by atoms with Crippen molar-refractivity contribution in [2.24, 2.45) is 0 Å². The maximum absolute atomic E-state index is 9.28. The molecule has 2 aromatic rings. The summed E-state index contributed by atoms with van der Waals surface area (Å²) in [5.74, 6) is 1.27. The summed E-state index contributed by atoms with van der Waals surface area (Å²) in [4.78, 5) is 0. The van der Waals surface area contributed by atoms with Crippen LogP contribution in [0.1, 0.15) is 11.1 Å². The molecule has 96 valence electrons. The number of nitrogens with zero attached hydrogens (tertiary/aromatic N) is 1. The van der Waals surface area contributed by atoms with Gasteiger partial charge in [-0.3, -0.25) is 0 Å². The number of ether oxygens (including phenoxy) is 2. The molecule has 0 saturated carbocycles. The maximum atomic E-state index is 9.28. The second kappa shape index (κ2) is 6.07. The zero-order chi connectivity index (χ0) is 13.7. The predicted molar refractivity (Wildman–Crippen MR) is 77.3 cm³/mol. The van der Waals surface area contributed by atoms with Gasteiger partial charge in [-0.05, 0) is 52.2 Å². The van der Waals surface area contributed by atoms with Gasteiger partial charge in [-0.1, -0.05) is 0 Å². The van der Waals surface area contributed by atoms with Crippen molar-refractivity contribution in [2.75, 3.05) is 14.2 Å². The average Bonchev–Trinajstić information content (AvgIpc) is 2.97. The van der Waals surface area contributed by atoms with Crippen LogP contribution in [0, 0.1) is 11.3 Å². The summed E-state index contributed by atoms with van der Waals surface area (Å²) < 4.78 is 10.4. The lowest BCUT2D eigenvalue weighted by atomic mass is 10.0. The number of allylic oxidation sites excluding steroid dienone is 1. The van der Waals surface area contributed by atoms with Gasteiger partial charge in [-0.2, -0.15) is 16.6 Å². The highest BCUT2D eigenvalue weighted by Gasteiger charge is 2.08. The van der Waals surface area contributed by atoms with Crippen molar-refractivity contribution in [3.05, 3.63) is 46.2 Å². The van der Waals surface area contributed by atoms with Gasteiger partial charge >= 0.3 is 0 Å². The molecule has 0 spiro atoms. The maximum Gasteiger partial charge on any atom is 0.161 e. The summed E-state index contributed by atoms with van der Waals surface area (Å²) in [7, 11) is 3.17. The smallest absolute Gasteiger partial charge is 0.161 e. The highest BCUT2D eigenvalue weighted by Crippen LogP contribution is 2.30. The quantitative estimate of drug-likeness (QED) is 0.794. The van der Waals surface area contributed by atoms with Gasteiger partial charge in [0.15, 0.2) is 11.5 Å². The van der Waals surface area contributed by atoms with Crippen molar-refractivity contribution in [3.8, 4) is 17.6 Å². The summed E-state index contributed by atoms with van der Waals surface area (Å²) >= 11 is 1.60. The molecule has 0 aliphatic rings. The van der Waals surface area contributed by atoms with Crippen LogP contribution in [0.2, 0.25) is 0 Å². The van der Waals surface area contributed by atoms with Crippen molar-refractivity contribution < 1.29 is 9.47 Å². The lowest BCUT2D eigenvalue weighted by Gasteiger charge is -2.08. The molecular weight excluding hydrogens is 258 g/mol. The van der Waals surface area contributed by atoms with Crippen LogP contribution < -0.4 is 9.47 Å². The Bertz CT molecular complexity index is 624. The number of rotatable bonds is 4. The highest BCUT2D eigenvalue weighted by atomic mass is 32.1. The second-order valence-electron chi connectivity index (χ2n) is 3.80.